The highest BCUT2D eigenvalue weighted by atomic mass is 32.2. The number of rotatable bonds is 6. The molecule has 0 bridgehead atoms. The molecule has 4 nitrogen and oxygen atoms in total. The molecule has 104 valence electrons. The van der Waals surface area contributed by atoms with Gasteiger partial charge in [-0.25, -0.2) is 0 Å². The van der Waals surface area contributed by atoms with Gasteiger partial charge in [-0.3, -0.25) is 10.1 Å². The summed E-state index contributed by atoms with van der Waals surface area (Å²) in [5.74, 6) is 1.13. The first-order chi connectivity index (χ1) is 9.22. The fraction of sp³-hybridized carbons (Fsp3) is 0.571. The first-order valence-corrected chi connectivity index (χ1v) is 7.84. The second kappa shape index (κ2) is 6.91. The molecule has 19 heavy (non-hydrogen) atoms. The van der Waals surface area contributed by atoms with E-state index in [4.69, 9.17) is 0 Å². The summed E-state index contributed by atoms with van der Waals surface area (Å²) in [5.41, 5.74) is 0.993. The van der Waals surface area contributed by atoms with Crippen molar-refractivity contribution in [2.75, 3.05) is 5.75 Å². The number of nitrogens with one attached hydrogen (secondary N) is 1. The quantitative estimate of drug-likeness (QED) is 0.641. The minimum absolute atomic E-state index is 0.215. The second-order valence-corrected chi connectivity index (χ2v) is 6.31. The number of nitro benzene ring substituents is 1. The SMILES string of the molecule is CCSC1CCCC1NCc1ccccc1[N+](=O)[O-]. The molecular weight excluding hydrogens is 260 g/mol. The Hall–Kier alpha value is -1.07. The smallest absolute Gasteiger partial charge is 0.273 e. The molecule has 1 aromatic carbocycles. The summed E-state index contributed by atoms with van der Waals surface area (Å²) in [6.45, 7) is 2.77. The second-order valence-electron chi connectivity index (χ2n) is 4.80. The van der Waals surface area contributed by atoms with Crippen LogP contribution in [0.15, 0.2) is 24.3 Å². The number of thioether (sulfide) groups is 1. The lowest BCUT2D eigenvalue weighted by molar-refractivity contribution is -0.385. The monoisotopic (exact) mass is 280 g/mol. The Kier molecular flexibility index (Phi) is 5.22. The van der Waals surface area contributed by atoms with Crippen molar-refractivity contribution in [1.29, 1.82) is 0 Å². The maximum absolute atomic E-state index is 11.0. The molecule has 0 radical (unpaired) electrons. The summed E-state index contributed by atoms with van der Waals surface area (Å²) in [6.07, 6.45) is 3.69. The van der Waals surface area contributed by atoms with Crippen LogP contribution in [0.1, 0.15) is 31.7 Å². The minimum Gasteiger partial charge on any atom is -0.309 e. The molecule has 2 atom stereocenters. The molecule has 1 aliphatic rings. The van der Waals surface area contributed by atoms with E-state index in [0.29, 0.717) is 17.8 Å². The Morgan fingerprint density at radius 1 is 1.42 bits per heavy atom. The Balaban J connectivity index is 1.97. The fourth-order valence-electron chi connectivity index (χ4n) is 2.65. The molecule has 1 aromatic rings. The van der Waals surface area contributed by atoms with Crippen molar-refractivity contribution >= 4 is 17.4 Å². The molecule has 0 spiro atoms. The van der Waals surface area contributed by atoms with E-state index in [0.717, 1.165) is 11.3 Å². The molecule has 1 N–H and O–H groups in total. The molecule has 1 fully saturated rings. The molecular formula is C14H20N2O2S. The summed E-state index contributed by atoms with van der Waals surface area (Å²) in [7, 11) is 0. The van der Waals surface area contributed by atoms with Crippen molar-refractivity contribution in [3.05, 3.63) is 39.9 Å². The first-order valence-electron chi connectivity index (χ1n) is 6.79. The lowest BCUT2D eigenvalue weighted by Gasteiger charge is -2.20. The van der Waals surface area contributed by atoms with Crippen LogP contribution in [0, 0.1) is 10.1 Å². The average Bonchev–Trinajstić information content (AvgIpc) is 2.84. The van der Waals surface area contributed by atoms with Gasteiger partial charge in [0.1, 0.15) is 0 Å². The van der Waals surface area contributed by atoms with Gasteiger partial charge in [-0.05, 0) is 18.6 Å². The molecule has 0 saturated heterocycles. The molecule has 0 heterocycles. The van der Waals surface area contributed by atoms with Crippen molar-refractivity contribution in [3.63, 3.8) is 0 Å². The van der Waals surface area contributed by atoms with Gasteiger partial charge in [0.25, 0.3) is 5.69 Å². The number of nitrogens with zero attached hydrogens (tertiary/aromatic N) is 1. The highest BCUT2D eigenvalue weighted by Gasteiger charge is 2.27. The zero-order valence-corrected chi connectivity index (χ0v) is 12.0. The van der Waals surface area contributed by atoms with Gasteiger partial charge in [0.2, 0.25) is 0 Å². The molecule has 1 aliphatic carbocycles. The van der Waals surface area contributed by atoms with Crippen LogP contribution in [0.25, 0.3) is 0 Å². The van der Waals surface area contributed by atoms with Gasteiger partial charge < -0.3 is 5.32 Å². The van der Waals surface area contributed by atoms with Gasteiger partial charge >= 0.3 is 0 Å². The molecule has 0 amide bonds. The van der Waals surface area contributed by atoms with Crippen molar-refractivity contribution in [1.82, 2.24) is 5.32 Å². The highest BCUT2D eigenvalue weighted by Crippen LogP contribution is 2.30. The summed E-state index contributed by atoms with van der Waals surface area (Å²) in [5, 5.41) is 15.1. The van der Waals surface area contributed by atoms with Crippen LogP contribution in [-0.4, -0.2) is 22.0 Å². The fourth-order valence-corrected chi connectivity index (χ4v) is 3.88. The van der Waals surface area contributed by atoms with Gasteiger partial charge in [0.05, 0.1) is 4.92 Å². The Labute approximate surface area is 118 Å². The predicted molar refractivity (Wildman–Crippen MR) is 79.5 cm³/mol. The lowest BCUT2D eigenvalue weighted by atomic mass is 10.1. The van der Waals surface area contributed by atoms with E-state index >= 15 is 0 Å². The van der Waals surface area contributed by atoms with E-state index in [9.17, 15) is 10.1 Å². The molecule has 2 unspecified atom stereocenters. The number of benzene rings is 1. The van der Waals surface area contributed by atoms with E-state index in [1.54, 1.807) is 12.1 Å². The van der Waals surface area contributed by atoms with Crippen LogP contribution >= 0.6 is 11.8 Å². The molecule has 2 rings (SSSR count). The first kappa shape index (κ1) is 14.3. The maximum Gasteiger partial charge on any atom is 0.273 e. The van der Waals surface area contributed by atoms with Gasteiger partial charge in [0.15, 0.2) is 0 Å². The van der Waals surface area contributed by atoms with Crippen molar-refractivity contribution in [2.24, 2.45) is 0 Å². The third-order valence-electron chi connectivity index (χ3n) is 3.58. The van der Waals surface area contributed by atoms with Crippen molar-refractivity contribution in [2.45, 2.75) is 44.0 Å². The van der Waals surface area contributed by atoms with E-state index in [1.807, 2.05) is 23.9 Å². The van der Waals surface area contributed by atoms with E-state index < -0.39 is 0 Å². The topological polar surface area (TPSA) is 55.2 Å². The third-order valence-corrected chi connectivity index (χ3v) is 4.90. The lowest BCUT2D eigenvalue weighted by Crippen LogP contribution is -2.33. The van der Waals surface area contributed by atoms with Crippen LogP contribution in [0.2, 0.25) is 0 Å². The largest absolute Gasteiger partial charge is 0.309 e. The zero-order valence-electron chi connectivity index (χ0n) is 11.2. The number of hydrogen-bond donors (Lipinski definition) is 1. The van der Waals surface area contributed by atoms with Crippen molar-refractivity contribution in [3.8, 4) is 0 Å². The summed E-state index contributed by atoms with van der Waals surface area (Å²) < 4.78 is 0. The Morgan fingerprint density at radius 2 is 2.21 bits per heavy atom. The van der Waals surface area contributed by atoms with Crippen LogP contribution in [0.5, 0.6) is 0 Å². The van der Waals surface area contributed by atoms with Gasteiger partial charge in [-0.15, -0.1) is 0 Å². The Morgan fingerprint density at radius 3 is 2.95 bits per heavy atom. The average molecular weight is 280 g/mol. The summed E-state index contributed by atoms with van der Waals surface area (Å²) >= 11 is 2.00. The van der Waals surface area contributed by atoms with Crippen molar-refractivity contribution < 1.29 is 4.92 Å². The molecule has 5 heteroatoms. The Bertz CT molecular complexity index is 439. The van der Waals surface area contributed by atoms with Crippen LogP contribution in [0.3, 0.4) is 0 Å². The van der Waals surface area contributed by atoms with E-state index in [-0.39, 0.29) is 10.6 Å². The normalized spacial score (nSPS) is 22.6. The maximum atomic E-state index is 11.0. The third kappa shape index (κ3) is 3.70. The van der Waals surface area contributed by atoms with E-state index in [1.165, 1.54) is 19.3 Å². The molecule has 1 saturated carbocycles. The van der Waals surface area contributed by atoms with Crippen LogP contribution < -0.4 is 5.32 Å². The minimum atomic E-state index is -0.302. The zero-order chi connectivity index (χ0) is 13.7. The summed E-state index contributed by atoms with van der Waals surface area (Å²) in [4.78, 5) is 10.7. The standard InChI is InChI=1S/C14H20N2O2S/c1-2-19-14-9-5-7-12(14)15-10-11-6-3-4-8-13(11)16(17)18/h3-4,6,8,12,14-15H,2,5,7,9-10H2,1H3. The highest BCUT2D eigenvalue weighted by molar-refractivity contribution is 7.99. The summed E-state index contributed by atoms with van der Waals surface area (Å²) in [6, 6.07) is 7.47. The molecule has 0 aliphatic heterocycles. The molecule has 0 aromatic heterocycles. The van der Waals surface area contributed by atoms with Gasteiger partial charge in [-0.2, -0.15) is 11.8 Å². The number of hydrogen-bond acceptors (Lipinski definition) is 4. The number of para-hydroxylation sites is 1. The van der Waals surface area contributed by atoms with Gasteiger partial charge in [0, 0.05) is 29.5 Å². The predicted octanol–water partition coefficient (Wildman–Crippen LogP) is 3.36. The van der Waals surface area contributed by atoms with Crippen LogP contribution in [0.4, 0.5) is 5.69 Å². The van der Waals surface area contributed by atoms with E-state index in [2.05, 4.69) is 12.2 Å². The van der Waals surface area contributed by atoms with Gasteiger partial charge in [-0.1, -0.05) is 31.5 Å². The van der Waals surface area contributed by atoms with Crippen LogP contribution in [-0.2, 0) is 6.54 Å². The number of nitro groups is 1.